The molecule has 1 aliphatic heterocycles. The van der Waals surface area contributed by atoms with Crippen LogP contribution < -0.4 is 5.32 Å². The normalized spacial score (nSPS) is 15.8. The number of hydrogen-bond donors (Lipinski definition) is 1. The van der Waals surface area contributed by atoms with Gasteiger partial charge >= 0.3 is 11.8 Å². The Bertz CT molecular complexity index is 265. The predicted molar refractivity (Wildman–Crippen MR) is 46.0 cm³/mol. The predicted octanol–water partition coefficient (Wildman–Crippen LogP) is -1.52. The molecule has 6 heteroatoms. The summed E-state index contributed by atoms with van der Waals surface area (Å²) < 4.78 is 5.03. The Hall–Kier alpha value is -1.61. The number of nitriles is 1. The number of hydrogen-bond acceptors (Lipinski definition) is 4. The molecule has 76 valence electrons. The van der Waals surface area contributed by atoms with Crippen molar-refractivity contribution < 1.29 is 14.3 Å². The van der Waals surface area contributed by atoms with Gasteiger partial charge in [-0.3, -0.25) is 9.59 Å². The summed E-state index contributed by atoms with van der Waals surface area (Å²) in [5, 5.41) is 10.4. The van der Waals surface area contributed by atoms with Crippen LogP contribution in [-0.2, 0) is 14.3 Å². The van der Waals surface area contributed by atoms with Gasteiger partial charge in [0.1, 0.15) is 6.54 Å². The van der Waals surface area contributed by atoms with Gasteiger partial charge in [0.2, 0.25) is 0 Å². The number of carbonyl (C=O) groups excluding carboxylic acids is 2. The number of morpholine rings is 1. The molecule has 2 amide bonds. The molecule has 0 aliphatic carbocycles. The number of carbonyl (C=O) groups is 2. The van der Waals surface area contributed by atoms with Gasteiger partial charge in [0.15, 0.2) is 0 Å². The van der Waals surface area contributed by atoms with Crippen LogP contribution in [0.4, 0.5) is 0 Å². The lowest BCUT2D eigenvalue weighted by atomic mass is 10.4. The van der Waals surface area contributed by atoms with E-state index in [4.69, 9.17) is 10.00 Å². The summed E-state index contributed by atoms with van der Waals surface area (Å²) in [6.07, 6.45) is 0. The summed E-state index contributed by atoms with van der Waals surface area (Å²) in [4.78, 5) is 23.9. The number of nitrogens with one attached hydrogen (secondary N) is 1. The van der Waals surface area contributed by atoms with Crippen molar-refractivity contribution in [3.63, 3.8) is 0 Å². The number of rotatable bonds is 1. The van der Waals surface area contributed by atoms with Crippen LogP contribution in [0.5, 0.6) is 0 Å². The standard InChI is InChI=1S/C8H11N3O3/c9-1-2-10-7(12)8(13)11-3-5-14-6-4-11/h2-6H2,(H,10,12). The van der Waals surface area contributed by atoms with Crippen molar-refractivity contribution in [1.29, 1.82) is 5.26 Å². The Morgan fingerprint density at radius 3 is 2.64 bits per heavy atom. The van der Waals surface area contributed by atoms with E-state index in [1.807, 2.05) is 0 Å². The van der Waals surface area contributed by atoms with E-state index in [2.05, 4.69) is 5.32 Å². The van der Waals surface area contributed by atoms with E-state index in [-0.39, 0.29) is 6.54 Å². The SMILES string of the molecule is N#CCNC(=O)C(=O)N1CCOCC1. The Morgan fingerprint density at radius 2 is 2.07 bits per heavy atom. The molecular formula is C8H11N3O3. The van der Waals surface area contributed by atoms with Gasteiger partial charge in [-0.25, -0.2) is 0 Å². The molecule has 0 atom stereocenters. The zero-order chi connectivity index (χ0) is 10.4. The lowest BCUT2D eigenvalue weighted by Crippen LogP contribution is -2.47. The fourth-order valence-electron chi connectivity index (χ4n) is 1.11. The highest BCUT2D eigenvalue weighted by Gasteiger charge is 2.22. The molecule has 0 aromatic rings. The van der Waals surface area contributed by atoms with Gasteiger partial charge in [-0.1, -0.05) is 0 Å². The molecule has 14 heavy (non-hydrogen) atoms. The molecule has 1 saturated heterocycles. The lowest BCUT2D eigenvalue weighted by Gasteiger charge is -2.25. The average molecular weight is 197 g/mol. The average Bonchev–Trinajstić information content (AvgIpc) is 2.26. The minimum absolute atomic E-state index is 0.144. The van der Waals surface area contributed by atoms with Gasteiger partial charge in [-0.05, 0) is 0 Å². The fourth-order valence-corrected chi connectivity index (χ4v) is 1.11. The van der Waals surface area contributed by atoms with E-state index < -0.39 is 11.8 Å². The topological polar surface area (TPSA) is 82.4 Å². The molecule has 0 bridgehead atoms. The van der Waals surface area contributed by atoms with Crippen LogP contribution in [0, 0.1) is 11.3 Å². The minimum Gasteiger partial charge on any atom is -0.378 e. The number of nitrogens with zero attached hydrogens (tertiary/aromatic N) is 2. The zero-order valence-electron chi connectivity index (χ0n) is 7.65. The highest BCUT2D eigenvalue weighted by Crippen LogP contribution is 1.96. The molecule has 1 heterocycles. The first-order valence-electron chi connectivity index (χ1n) is 4.27. The molecule has 1 fully saturated rings. The van der Waals surface area contributed by atoms with Crippen molar-refractivity contribution in [2.45, 2.75) is 0 Å². The van der Waals surface area contributed by atoms with Crippen molar-refractivity contribution in [3.05, 3.63) is 0 Å². The maximum atomic E-state index is 11.4. The summed E-state index contributed by atoms with van der Waals surface area (Å²) >= 11 is 0. The molecule has 1 N–H and O–H groups in total. The Morgan fingerprint density at radius 1 is 1.43 bits per heavy atom. The van der Waals surface area contributed by atoms with E-state index in [1.54, 1.807) is 6.07 Å². The van der Waals surface area contributed by atoms with Gasteiger partial charge in [-0.15, -0.1) is 0 Å². The molecule has 1 aliphatic rings. The second-order valence-corrected chi connectivity index (χ2v) is 2.75. The third-order valence-electron chi connectivity index (χ3n) is 1.82. The Kier molecular flexibility index (Phi) is 3.88. The lowest BCUT2D eigenvalue weighted by molar-refractivity contribution is -0.148. The van der Waals surface area contributed by atoms with E-state index in [0.717, 1.165) is 0 Å². The van der Waals surface area contributed by atoms with Crippen molar-refractivity contribution in [2.75, 3.05) is 32.8 Å². The molecule has 0 radical (unpaired) electrons. The zero-order valence-corrected chi connectivity index (χ0v) is 7.65. The van der Waals surface area contributed by atoms with Gasteiger partial charge in [0.25, 0.3) is 0 Å². The molecule has 0 spiro atoms. The van der Waals surface area contributed by atoms with E-state index in [1.165, 1.54) is 4.90 Å². The van der Waals surface area contributed by atoms with Crippen molar-refractivity contribution >= 4 is 11.8 Å². The van der Waals surface area contributed by atoms with Crippen molar-refractivity contribution in [1.82, 2.24) is 10.2 Å². The number of ether oxygens (including phenoxy) is 1. The summed E-state index contributed by atoms with van der Waals surface area (Å²) in [6.45, 7) is 1.63. The van der Waals surface area contributed by atoms with Gasteiger partial charge in [0, 0.05) is 13.1 Å². The first-order chi connectivity index (χ1) is 6.75. The van der Waals surface area contributed by atoms with E-state index in [0.29, 0.717) is 26.3 Å². The Balaban J connectivity index is 2.39. The minimum atomic E-state index is -0.728. The third kappa shape index (κ3) is 2.71. The third-order valence-corrected chi connectivity index (χ3v) is 1.82. The molecule has 1 rings (SSSR count). The molecule has 0 unspecified atom stereocenters. The van der Waals surface area contributed by atoms with Crippen LogP contribution in [0.25, 0.3) is 0 Å². The van der Waals surface area contributed by atoms with Crippen LogP contribution in [-0.4, -0.2) is 49.6 Å². The van der Waals surface area contributed by atoms with Gasteiger partial charge < -0.3 is 15.0 Å². The first-order valence-corrected chi connectivity index (χ1v) is 4.27. The van der Waals surface area contributed by atoms with Gasteiger partial charge in [-0.2, -0.15) is 5.26 Å². The maximum absolute atomic E-state index is 11.4. The highest BCUT2D eigenvalue weighted by molar-refractivity contribution is 6.35. The molecular weight excluding hydrogens is 186 g/mol. The van der Waals surface area contributed by atoms with Crippen LogP contribution in [0.1, 0.15) is 0 Å². The fraction of sp³-hybridized carbons (Fsp3) is 0.625. The summed E-state index contributed by atoms with van der Waals surface area (Å²) in [5.41, 5.74) is 0. The summed E-state index contributed by atoms with van der Waals surface area (Å²) in [6, 6.07) is 1.73. The largest absolute Gasteiger partial charge is 0.378 e. The summed E-state index contributed by atoms with van der Waals surface area (Å²) in [7, 11) is 0. The second kappa shape index (κ2) is 5.19. The van der Waals surface area contributed by atoms with E-state index >= 15 is 0 Å². The molecule has 0 saturated carbocycles. The monoisotopic (exact) mass is 197 g/mol. The van der Waals surface area contributed by atoms with E-state index in [9.17, 15) is 9.59 Å². The van der Waals surface area contributed by atoms with Crippen LogP contribution in [0.15, 0.2) is 0 Å². The quantitative estimate of drug-likeness (QED) is 0.409. The van der Waals surface area contributed by atoms with Crippen molar-refractivity contribution in [3.8, 4) is 6.07 Å². The van der Waals surface area contributed by atoms with Crippen LogP contribution in [0.3, 0.4) is 0 Å². The molecule has 6 nitrogen and oxygen atoms in total. The van der Waals surface area contributed by atoms with Gasteiger partial charge in [0.05, 0.1) is 19.3 Å². The highest BCUT2D eigenvalue weighted by atomic mass is 16.5. The molecule has 0 aromatic heterocycles. The molecule has 0 aromatic carbocycles. The Labute approximate surface area is 81.4 Å². The first kappa shape index (κ1) is 10.5. The second-order valence-electron chi connectivity index (χ2n) is 2.75. The number of amides is 2. The van der Waals surface area contributed by atoms with Crippen LogP contribution >= 0.6 is 0 Å². The smallest absolute Gasteiger partial charge is 0.312 e. The maximum Gasteiger partial charge on any atom is 0.312 e. The van der Waals surface area contributed by atoms with Crippen molar-refractivity contribution in [2.24, 2.45) is 0 Å². The summed E-state index contributed by atoms with van der Waals surface area (Å²) in [5.74, 6) is -1.32. The van der Waals surface area contributed by atoms with Crippen LogP contribution in [0.2, 0.25) is 0 Å².